The highest BCUT2D eigenvalue weighted by Gasteiger charge is 2.25. The fraction of sp³-hybridized carbons (Fsp3) is 0.316. The molecule has 1 aliphatic rings. The summed E-state index contributed by atoms with van der Waals surface area (Å²) in [5.41, 5.74) is 2.44. The van der Waals surface area contributed by atoms with Crippen molar-refractivity contribution in [3.8, 4) is 11.5 Å². The van der Waals surface area contributed by atoms with Crippen molar-refractivity contribution in [1.82, 2.24) is 0 Å². The number of aryl methyl sites for hydroxylation is 1. The van der Waals surface area contributed by atoms with Crippen molar-refractivity contribution in [2.24, 2.45) is 0 Å². The van der Waals surface area contributed by atoms with Crippen LogP contribution < -0.4 is 19.1 Å². The van der Waals surface area contributed by atoms with E-state index in [1.807, 2.05) is 6.07 Å². The molecule has 0 aliphatic carbocycles. The highest BCUT2D eigenvalue weighted by atomic mass is 32.2. The Morgan fingerprint density at radius 3 is 2.37 bits per heavy atom. The summed E-state index contributed by atoms with van der Waals surface area (Å²) in [4.78, 5) is 12.8. The van der Waals surface area contributed by atoms with Crippen LogP contribution in [0.1, 0.15) is 22.3 Å². The van der Waals surface area contributed by atoms with E-state index in [0.717, 1.165) is 18.4 Å². The molecule has 2 aromatic rings. The Bertz CT molecular complexity index is 950. The highest BCUT2D eigenvalue weighted by Crippen LogP contribution is 2.33. The molecule has 0 bridgehead atoms. The number of methoxy groups -OCH3 is 2. The van der Waals surface area contributed by atoms with Gasteiger partial charge in [0.25, 0.3) is 5.91 Å². The molecular formula is C19H22N2O5S. The first-order chi connectivity index (χ1) is 12.8. The van der Waals surface area contributed by atoms with E-state index < -0.39 is 10.0 Å². The van der Waals surface area contributed by atoms with E-state index in [4.69, 9.17) is 9.47 Å². The molecule has 0 saturated carbocycles. The molecule has 1 heterocycles. The van der Waals surface area contributed by atoms with Gasteiger partial charge in [-0.25, -0.2) is 8.42 Å². The summed E-state index contributed by atoms with van der Waals surface area (Å²) in [6, 6.07) is 10.4. The van der Waals surface area contributed by atoms with Crippen molar-refractivity contribution in [2.75, 3.05) is 36.6 Å². The number of nitrogens with zero attached hydrogens (tertiary/aromatic N) is 1. The van der Waals surface area contributed by atoms with Gasteiger partial charge >= 0.3 is 0 Å². The van der Waals surface area contributed by atoms with Gasteiger partial charge in [-0.2, -0.15) is 0 Å². The third-order valence-corrected chi connectivity index (χ3v) is 5.65. The molecule has 1 amide bonds. The third-order valence-electron chi connectivity index (χ3n) is 4.47. The number of hydrogen-bond donors (Lipinski definition) is 1. The monoisotopic (exact) mass is 390 g/mol. The Morgan fingerprint density at radius 1 is 1.11 bits per heavy atom. The van der Waals surface area contributed by atoms with Crippen LogP contribution >= 0.6 is 0 Å². The lowest BCUT2D eigenvalue weighted by Gasteiger charge is -2.29. The van der Waals surface area contributed by atoms with Crippen molar-refractivity contribution < 1.29 is 22.7 Å². The molecule has 0 atom stereocenters. The van der Waals surface area contributed by atoms with Gasteiger partial charge in [0.15, 0.2) is 0 Å². The number of anilines is 2. The lowest BCUT2D eigenvalue weighted by atomic mass is 10.0. The zero-order valence-corrected chi connectivity index (χ0v) is 16.3. The fourth-order valence-electron chi connectivity index (χ4n) is 3.25. The first-order valence-corrected chi connectivity index (χ1v) is 10.3. The summed E-state index contributed by atoms with van der Waals surface area (Å²) in [5, 5.41) is 2.84. The van der Waals surface area contributed by atoms with Crippen LogP contribution in [0.5, 0.6) is 11.5 Å². The third kappa shape index (κ3) is 3.85. The normalized spacial score (nSPS) is 13.7. The van der Waals surface area contributed by atoms with Crippen molar-refractivity contribution in [3.05, 3.63) is 47.5 Å². The summed E-state index contributed by atoms with van der Waals surface area (Å²) < 4.78 is 35.9. The summed E-state index contributed by atoms with van der Waals surface area (Å²) in [5.74, 6) is 0.459. The molecule has 0 saturated heterocycles. The molecule has 7 nitrogen and oxygen atoms in total. The second-order valence-corrected chi connectivity index (χ2v) is 8.18. The molecule has 0 aromatic heterocycles. The second kappa shape index (κ2) is 7.48. The number of rotatable bonds is 5. The second-order valence-electron chi connectivity index (χ2n) is 6.27. The van der Waals surface area contributed by atoms with Crippen LogP contribution in [-0.4, -0.2) is 41.3 Å². The molecule has 0 fully saturated rings. The van der Waals surface area contributed by atoms with Crippen LogP contribution in [0.4, 0.5) is 11.4 Å². The number of carbonyl (C=O) groups is 1. The topological polar surface area (TPSA) is 84.9 Å². The van der Waals surface area contributed by atoms with Crippen molar-refractivity contribution in [3.63, 3.8) is 0 Å². The van der Waals surface area contributed by atoms with Gasteiger partial charge in [-0.3, -0.25) is 9.10 Å². The zero-order chi connectivity index (χ0) is 19.6. The standard InChI is InChI=1S/C19H22N2O5S/c1-25-16-7-4-8-17(26-2)18(16)19(22)20-14-9-10-15-13(12-14)6-5-11-21(15)27(3,23)24/h4,7-10,12H,5-6,11H2,1-3H3,(H,20,22). The lowest BCUT2D eigenvalue weighted by Crippen LogP contribution is -2.34. The van der Waals surface area contributed by atoms with Crippen LogP contribution in [0.3, 0.4) is 0 Å². The highest BCUT2D eigenvalue weighted by molar-refractivity contribution is 7.92. The number of sulfonamides is 1. The average Bonchev–Trinajstić information content (AvgIpc) is 2.65. The summed E-state index contributed by atoms with van der Waals surface area (Å²) in [6.45, 7) is 0.468. The van der Waals surface area contributed by atoms with E-state index in [-0.39, 0.29) is 5.91 Å². The number of amides is 1. The van der Waals surface area contributed by atoms with Gasteiger partial charge in [0.1, 0.15) is 17.1 Å². The Morgan fingerprint density at radius 2 is 1.78 bits per heavy atom. The fourth-order valence-corrected chi connectivity index (χ4v) is 4.25. The van der Waals surface area contributed by atoms with E-state index in [0.29, 0.717) is 35.0 Å². The molecule has 144 valence electrons. The zero-order valence-electron chi connectivity index (χ0n) is 15.5. The molecule has 0 radical (unpaired) electrons. The molecule has 1 aliphatic heterocycles. The molecule has 2 aromatic carbocycles. The Labute approximate surface area is 158 Å². The van der Waals surface area contributed by atoms with E-state index in [1.54, 1.807) is 30.3 Å². The summed E-state index contributed by atoms with van der Waals surface area (Å²) in [6.07, 6.45) is 2.69. The number of ether oxygens (including phenoxy) is 2. The van der Waals surface area contributed by atoms with E-state index in [9.17, 15) is 13.2 Å². The van der Waals surface area contributed by atoms with Crippen LogP contribution in [0.15, 0.2) is 36.4 Å². The molecule has 1 N–H and O–H groups in total. The minimum atomic E-state index is -3.32. The molecule has 27 heavy (non-hydrogen) atoms. The molecule has 3 rings (SSSR count). The van der Waals surface area contributed by atoms with Crippen LogP contribution in [0, 0.1) is 0 Å². The summed E-state index contributed by atoms with van der Waals surface area (Å²) in [7, 11) is -0.343. The maximum atomic E-state index is 12.8. The van der Waals surface area contributed by atoms with Gasteiger partial charge < -0.3 is 14.8 Å². The number of fused-ring (bicyclic) bond motifs is 1. The summed E-state index contributed by atoms with van der Waals surface area (Å²) >= 11 is 0. The first-order valence-electron chi connectivity index (χ1n) is 8.48. The Hall–Kier alpha value is -2.74. The number of nitrogens with one attached hydrogen (secondary N) is 1. The van der Waals surface area contributed by atoms with Gasteiger partial charge in [0.2, 0.25) is 10.0 Å². The maximum Gasteiger partial charge on any atom is 0.263 e. The molecule has 0 spiro atoms. The van der Waals surface area contributed by atoms with Gasteiger partial charge in [-0.05, 0) is 48.7 Å². The number of hydrogen-bond acceptors (Lipinski definition) is 5. The predicted molar refractivity (Wildman–Crippen MR) is 104 cm³/mol. The van der Waals surface area contributed by atoms with E-state index >= 15 is 0 Å². The molecule has 0 unspecified atom stereocenters. The van der Waals surface area contributed by atoms with Crippen LogP contribution in [0.2, 0.25) is 0 Å². The van der Waals surface area contributed by atoms with Crippen LogP contribution in [-0.2, 0) is 16.4 Å². The van der Waals surface area contributed by atoms with Crippen LogP contribution in [0.25, 0.3) is 0 Å². The Balaban J connectivity index is 1.91. The van der Waals surface area contributed by atoms with Crippen molar-refractivity contribution in [1.29, 1.82) is 0 Å². The van der Waals surface area contributed by atoms with E-state index in [2.05, 4.69) is 5.32 Å². The van der Waals surface area contributed by atoms with Crippen molar-refractivity contribution >= 4 is 27.3 Å². The average molecular weight is 390 g/mol. The number of carbonyl (C=O) groups excluding carboxylic acids is 1. The van der Waals surface area contributed by atoms with Gasteiger partial charge in [-0.1, -0.05) is 6.07 Å². The molecule has 8 heteroatoms. The Kier molecular flexibility index (Phi) is 5.27. The van der Waals surface area contributed by atoms with Crippen molar-refractivity contribution in [2.45, 2.75) is 12.8 Å². The van der Waals surface area contributed by atoms with Gasteiger partial charge in [-0.15, -0.1) is 0 Å². The predicted octanol–water partition coefficient (Wildman–Crippen LogP) is 2.67. The van der Waals surface area contributed by atoms with E-state index in [1.165, 1.54) is 24.8 Å². The minimum Gasteiger partial charge on any atom is -0.496 e. The first kappa shape index (κ1) is 19.0. The molecular weight excluding hydrogens is 368 g/mol. The minimum absolute atomic E-state index is 0.304. The number of benzene rings is 2. The van der Waals surface area contributed by atoms with Gasteiger partial charge in [0.05, 0.1) is 26.2 Å². The SMILES string of the molecule is COc1cccc(OC)c1C(=O)Nc1ccc2c(c1)CCCN2S(C)(=O)=O. The smallest absolute Gasteiger partial charge is 0.263 e. The maximum absolute atomic E-state index is 12.8. The lowest BCUT2D eigenvalue weighted by molar-refractivity contribution is 0.102. The van der Waals surface area contributed by atoms with Gasteiger partial charge in [0, 0.05) is 12.2 Å². The largest absolute Gasteiger partial charge is 0.496 e. The quantitative estimate of drug-likeness (QED) is 0.848.